The molecule has 1 atom stereocenters. The van der Waals surface area contributed by atoms with Crippen LogP contribution in [0.25, 0.3) is 0 Å². The summed E-state index contributed by atoms with van der Waals surface area (Å²) in [7, 11) is -3.45. The van der Waals surface area contributed by atoms with Gasteiger partial charge in [-0.2, -0.15) is 0 Å². The molecule has 1 aromatic rings. The van der Waals surface area contributed by atoms with Crippen LogP contribution < -0.4 is 4.72 Å². The Bertz CT molecular complexity index is 454. The first-order valence-corrected chi connectivity index (χ1v) is 7.70. The predicted molar refractivity (Wildman–Crippen MR) is 71.7 cm³/mol. The second kappa shape index (κ2) is 6.87. The van der Waals surface area contributed by atoms with E-state index in [0.717, 1.165) is 19.3 Å². The molecule has 0 aliphatic carbocycles. The molecular weight excluding hydrogens is 250 g/mol. The van der Waals surface area contributed by atoms with Crippen molar-refractivity contribution < 1.29 is 13.5 Å². The van der Waals surface area contributed by atoms with E-state index in [9.17, 15) is 8.42 Å². The first-order valence-electron chi connectivity index (χ1n) is 6.21. The average Bonchev–Trinajstić information content (AvgIpc) is 2.36. The molecule has 0 saturated carbocycles. The fourth-order valence-electron chi connectivity index (χ4n) is 1.68. The standard InChI is InChI=1S/C13H21NO3S/c1-3-4-5-11(2)14-18(16,17)13-8-6-12(10-15)7-9-13/h6-9,11,14-15H,3-5,10H2,1-2H3. The molecule has 18 heavy (non-hydrogen) atoms. The van der Waals surface area contributed by atoms with E-state index in [4.69, 9.17) is 5.11 Å². The van der Waals surface area contributed by atoms with E-state index >= 15 is 0 Å². The van der Waals surface area contributed by atoms with Gasteiger partial charge in [0.15, 0.2) is 0 Å². The van der Waals surface area contributed by atoms with Crippen LogP contribution in [0.4, 0.5) is 0 Å². The van der Waals surface area contributed by atoms with E-state index < -0.39 is 10.0 Å². The van der Waals surface area contributed by atoms with Crippen LogP contribution in [-0.4, -0.2) is 19.6 Å². The summed E-state index contributed by atoms with van der Waals surface area (Å²) in [5.41, 5.74) is 0.702. The molecule has 4 nitrogen and oxygen atoms in total. The third kappa shape index (κ3) is 4.40. The zero-order valence-corrected chi connectivity index (χ0v) is 11.7. The second-order valence-corrected chi connectivity index (χ2v) is 6.18. The smallest absolute Gasteiger partial charge is 0.240 e. The Kier molecular flexibility index (Phi) is 5.78. The number of nitrogens with one attached hydrogen (secondary N) is 1. The molecule has 0 aromatic heterocycles. The molecular formula is C13H21NO3S. The van der Waals surface area contributed by atoms with Crippen LogP contribution in [-0.2, 0) is 16.6 Å². The zero-order valence-electron chi connectivity index (χ0n) is 10.9. The number of rotatable bonds is 7. The number of hydrogen-bond acceptors (Lipinski definition) is 3. The minimum Gasteiger partial charge on any atom is -0.392 e. The third-order valence-electron chi connectivity index (χ3n) is 2.76. The van der Waals surface area contributed by atoms with Gasteiger partial charge in [-0.15, -0.1) is 0 Å². The van der Waals surface area contributed by atoms with Gasteiger partial charge in [0.2, 0.25) is 10.0 Å². The lowest BCUT2D eigenvalue weighted by Crippen LogP contribution is -2.32. The van der Waals surface area contributed by atoms with E-state index in [0.29, 0.717) is 5.56 Å². The lowest BCUT2D eigenvalue weighted by molar-refractivity contribution is 0.282. The Morgan fingerprint density at radius 3 is 2.39 bits per heavy atom. The summed E-state index contributed by atoms with van der Waals surface area (Å²) in [6.07, 6.45) is 2.90. The maximum atomic E-state index is 12.0. The highest BCUT2D eigenvalue weighted by atomic mass is 32.2. The van der Waals surface area contributed by atoms with Crippen molar-refractivity contribution in [2.45, 2.75) is 50.7 Å². The Morgan fingerprint density at radius 1 is 1.28 bits per heavy atom. The summed E-state index contributed by atoms with van der Waals surface area (Å²) in [5, 5.41) is 8.91. The molecule has 1 aromatic carbocycles. The third-order valence-corrected chi connectivity index (χ3v) is 4.37. The van der Waals surface area contributed by atoms with Crippen molar-refractivity contribution in [3.05, 3.63) is 29.8 Å². The van der Waals surface area contributed by atoms with Crippen molar-refractivity contribution in [2.75, 3.05) is 0 Å². The quantitative estimate of drug-likeness (QED) is 0.797. The van der Waals surface area contributed by atoms with E-state index in [1.165, 1.54) is 12.1 Å². The highest BCUT2D eigenvalue weighted by Gasteiger charge is 2.16. The number of aliphatic hydroxyl groups is 1. The number of sulfonamides is 1. The Labute approximate surface area is 109 Å². The van der Waals surface area contributed by atoms with Crippen LogP contribution in [0.15, 0.2) is 29.2 Å². The van der Waals surface area contributed by atoms with Gasteiger partial charge in [-0.05, 0) is 31.0 Å². The van der Waals surface area contributed by atoms with Crippen molar-refractivity contribution in [1.29, 1.82) is 0 Å². The number of aliphatic hydroxyl groups excluding tert-OH is 1. The van der Waals surface area contributed by atoms with Crippen LogP contribution in [0.5, 0.6) is 0 Å². The fourth-order valence-corrected chi connectivity index (χ4v) is 2.95. The van der Waals surface area contributed by atoms with Gasteiger partial charge in [0, 0.05) is 6.04 Å². The second-order valence-electron chi connectivity index (χ2n) is 4.47. The van der Waals surface area contributed by atoms with Gasteiger partial charge in [-0.1, -0.05) is 31.9 Å². The number of unbranched alkanes of at least 4 members (excludes halogenated alkanes) is 1. The van der Waals surface area contributed by atoms with Crippen LogP contribution in [0.1, 0.15) is 38.7 Å². The topological polar surface area (TPSA) is 66.4 Å². The van der Waals surface area contributed by atoms with E-state index in [1.54, 1.807) is 12.1 Å². The normalized spacial score (nSPS) is 13.5. The summed E-state index contributed by atoms with van der Waals surface area (Å²) in [5.74, 6) is 0. The minimum absolute atomic E-state index is 0.0625. The van der Waals surface area contributed by atoms with Crippen molar-refractivity contribution in [2.24, 2.45) is 0 Å². The maximum absolute atomic E-state index is 12.0. The molecule has 0 aliphatic rings. The monoisotopic (exact) mass is 271 g/mol. The van der Waals surface area contributed by atoms with E-state index in [-0.39, 0.29) is 17.5 Å². The molecule has 0 spiro atoms. The zero-order chi connectivity index (χ0) is 13.6. The molecule has 5 heteroatoms. The largest absolute Gasteiger partial charge is 0.392 e. The first kappa shape index (κ1) is 15.1. The van der Waals surface area contributed by atoms with E-state index in [2.05, 4.69) is 11.6 Å². The minimum atomic E-state index is -3.45. The fraction of sp³-hybridized carbons (Fsp3) is 0.538. The Balaban J connectivity index is 2.73. The van der Waals surface area contributed by atoms with Crippen LogP contribution >= 0.6 is 0 Å². The summed E-state index contributed by atoms with van der Waals surface area (Å²) in [4.78, 5) is 0.239. The molecule has 0 bridgehead atoms. The summed E-state index contributed by atoms with van der Waals surface area (Å²) < 4.78 is 26.7. The van der Waals surface area contributed by atoms with Crippen LogP contribution in [0.2, 0.25) is 0 Å². The van der Waals surface area contributed by atoms with Crippen molar-refractivity contribution in [3.8, 4) is 0 Å². The van der Waals surface area contributed by atoms with Gasteiger partial charge < -0.3 is 5.11 Å². The SMILES string of the molecule is CCCCC(C)NS(=O)(=O)c1ccc(CO)cc1. The van der Waals surface area contributed by atoms with Gasteiger partial charge in [0.05, 0.1) is 11.5 Å². The van der Waals surface area contributed by atoms with Crippen molar-refractivity contribution in [3.63, 3.8) is 0 Å². The van der Waals surface area contributed by atoms with Crippen LogP contribution in [0.3, 0.4) is 0 Å². The van der Waals surface area contributed by atoms with Gasteiger partial charge in [0.1, 0.15) is 0 Å². The molecule has 1 unspecified atom stereocenters. The molecule has 0 heterocycles. The summed E-state index contributed by atoms with van der Waals surface area (Å²) in [6, 6.07) is 6.20. The number of hydrogen-bond donors (Lipinski definition) is 2. The van der Waals surface area contributed by atoms with Gasteiger partial charge in [0.25, 0.3) is 0 Å². The molecule has 1 rings (SSSR count). The molecule has 0 fully saturated rings. The highest BCUT2D eigenvalue weighted by Crippen LogP contribution is 2.12. The molecule has 0 saturated heterocycles. The van der Waals surface area contributed by atoms with Gasteiger partial charge >= 0.3 is 0 Å². The van der Waals surface area contributed by atoms with Crippen LogP contribution in [0, 0.1) is 0 Å². The van der Waals surface area contributed by atoms with E-state index in [1.807, 2.05) is 6.92 Å². The summed E-state index contributed by atoms with van der Waals surface area (Å²) >= 11 is 0. The average molecular weight is 271 g/mol. The first-order chi connectivity index (χ1) is 8.49. The maximum Gasteiger partial charge on any atom is 0.240 e. The molecule has 102 valence electrons. The highest BCUT2D eigenvalue weighted by molar-refractivity contribution is 7.89. The number of benzene rings is 1. The molecule has 0 aliphatic heterocycles. The molecule has 0 radical (unpaired) electrons. The van der Waals surface area contributed by atoms with Crippen molar-refractivity contribution >= 4 is 10.0 Å². The molecule has 2 N–H and O–H groups in total. The predicted octanol–water partition coefficient (Wildman–Crippen LogP) is 2.04. The lowest BCUT2D eigenvalue weighted by Gasteiger charge is -2.13. The van der Waals surface area contributed by atoms with Crippen molar-refractivity contribution in [1.82, 2.24) is 4.72 Å². The Hall–Kier alpha value is -0.910. The molecule has 0 amide bonds. The lowest BCUT2D eigenvalue weighted by atomic mass is 10.2. The summed E-state index contributed by atoms with van der Waals surface area (Å²) in [6.45, 7) is 3.87. The Morgan fingerprint density at radius 2 is 1.89 bits per heavy atom. The van der Waals surface area contributed by atoms with Gasteiger partial charge in [-0.3, -0.25) is 0 Å². The van der Waals surface area contributed by atoms with Gasteiger partial charge in [-0.25, -0.2) is 13.1 Å².